The van der Waals surface area contributed by atoms with Crippen molar-refractivity contribution in [1.82, 2.24) is 5.32 Å². The van der Waals surface area contributed by atoms with Crippen molar-refractivity contribution in [1.29, 1.82) is 0 Å². The maximum Gasteiger partial charge on any atom is 0.0586 e. The van der Waals surface area contributed by atoms with Gasteiger partial charge < -0.3 is 10.4 Å². The van der Waals surface area contributed by atoms with E-state index in [1.807, 2.05) is 0 Å². The summed E-state index contributed by atoms with van der Waals surface area (Å²) in [5.74, 6) is 0.500. The van der Waals surface area contributed by atoms with Crippen molar-refractivity contribution in [3.05, 3.63) is 0 Å². The summed E-state index contributed by atoms with van der Waals surface area (Å²) in [5.41, 5.74) is 0.266. The molecule has 4 atom stereocenters. The van der Waals surface area contributed by atoms with Crippen molar-refractivity contribution < 1.29 is 5.11 Å². The molecule has 0 radical (unpaired) electrons. The van der Waals surface area contributed by atoms with Crippen LogP contribution in [0, 0.1) is 5.92 Å². The van der Waals surface area contributed by atoms with Crippen LogP contribution < -0.4 is 5.32 Å². The van der Waals surface area contributed by atoms with Gasteiger partial charge in [0.15, 0.2) is 0 Å². The number of rotatable bonds is 7. The summed E-state index contributed by atoms with van der Waals surface area (Å²) in [7, 11) is 0. The van der Waals surface area contributed by atoms with E-state index in [2.05, 4.69) is 19.2 Å². The molecule has 1 saturated carbocycles. The minimum atomic E-state index is -0.0628. The van der Waals surface area contributed by atoms with E-state index in [0.29, 0.717) is 12.0 Å². The third kappa shape index (κ3) is 4.45. The van der Waals surface area contributed by atoms with Gasteiger partial charge in [-0.2, -0.15) is 0 Å². The largest absolute Gasteiger partial charge is 0.393 e. The molecule has 0 bridgehead atoms. The van der Waals surface area contributed by atoms with Gasteiger partial charge in [-0.3, -0.25) is 0 Å². The SMILES string of the molecule is CCCCC[C@H]1CCC[C@]2(CCC[C@H](O)[C@H]2CCCC)N1. The fourth-order valence-electron chi connectivity index (χ4n) is 4.84. The summed E-state index contributed by atoms with van der Waals surface area (Å²) in [6, 6.07) is 0.708. The number of hydrogen-bond acceptors (Lipinski definition) is 2. The molecule has 1 aliphatic heterocycles. The first-order valence-corrected chi connectivity index (χ1v) is 9.67. The number of hydrogen-bond donors (Lipinski definition) is 2. The van der Waals surface area contributed by atoms with Gasteiger partial charge in [0.05, 0.1) is 6.10 Å². The highest BCUT2D eigenvalue weighted by atomic mass is 16.3. The van der Waals surface area contributed by atoms with Gasteiger partial charge in [0.25, 0.3) is 0 Å². The van der Waals surface area contributed by atoms with Gasteiger partial charge in [-0.05, 0) is 44.9 Å². The molecule has 2 nitrogen and oxygen atoms in total. The third-order valence-corrected chi connectivity index (χ3v) is 5.99. The van der Waals surface area contributed by atoms with Crippen LogP contribution in [0.15, 0.2) is 0 Å². The number of aliphatic hydroxyl groups excluding tert-OH is 1. The van der Waals surface area contributed by atoms with Crippen LogP contribution in [0.5, 0.6) is 0 Å². The Hall–Kier alpha value is -0.0800. The maximum atomic E-state index is 10.6. The summed E-state index contributed by atoms with van der Waals surface area (Å²) >= 11 is 0. The molecule has 0 unspecified atom stereocenters. The number of unbranched alkanes of at least 4 members (excludes halogenated alkanes) is 3. The maximum absolute atomic E-state index is 10.6. The zero-order chi connectivity index (χ0) is 15.1. The highest BCUT2D eigenvalue weighted by Crippen LogP contribution is 2.43. The molecular formula is C19H37NO. The zero-order valence-electron chi connectivity index (χ0n) is 14.4. The van der Waals surface area contributed by atoms with Crippen LogP contribution in [0.4, 0.5) is 0 Å². The van der Waals surface area contributed by atoms with E-state index in [1.165, 1.54) is 77.0 Å². The molecule has 0 amide bonds. The fourth-order valence-corrected chi connectivity index (χ4v) is 4.84. The Balaban J connectivity index is 1.98. The monoisotopic (exact) mass is 295 g/mol. The second-order valence-corrected chi connectivity index (χ2v) is 7.59. The average Bonchev–Trinajstić information content (AvgIpc) is 2.47. The highest BCUT2D eigenvalue weighted by Gasteiger charge is 2.46. The van der Waals surface area contributed by atoms with E-state index >= 15 is 0 Å². The lowest BCUT2D eigenvalue weighted by molar-refractivity contribution is -0.0257. The van der Waals surface area contributed by atoms with E-state index in [-0.39, 0.29) is 11.6 Å². The summed E-state index contributed by atoms with van der Waals surface area (Å²) < 4.78 is 0. The molecule has 124 valence electrons. The van der Waals surface area contributed by atoms with E-state index < -0.39 is 0 Å². The molecule has 0 aromatic rings. The first-order valence-electron chi connectivity index (χ1n) is 9.67. The van der Waals surface area contributed by atoms with Gasteiger partial charge in [-0.25, -0.2) is 0 Å². The molecule has 0 aromatic heterocycles. The zero-order valence-corrected chi connectivity index (χ0v) is 14.4. The standard InChI is InChI=1S/C19H37NO/c1-3-5-7-10-16-11-8-14-19(20-16)15-9-13-18(21)17(19)12-6-4-2/h16-18,20-21H,3-15H2,1-2H3/t16-,17+,18-,19+/m0/s1. The molecule has 2 N–H and O–H groups in total. The van der Waals surface area contributed by atoms with Gasteiger partial charge in [0.2, 0.25) is 0 Å². The normalized spacial score (nSPS) is 37.0. The van der Waals surface area contributed by atoms with E-state index in [4.69, 9.17) is 0 Å². The molecule has 2 rings (SSSR count). The molecule has 2 fully saturated rings. The summed E-state index contributed by atoms with van der Waals surface area (Å²) in [6.07, 6.45) is 16.6. The average molecular weight is 296 g/mol. The quantitative estimate of drug-likeness (QED) is 0.661. The molecular weight excluding hydrogens is 258 g/mol. The Kier molecular flexibility index (Phi) is 7.01. The molecule has 1 spiro atoms. The second kappa shape index (κ2) is 8.53. The smallest absolute Gasteiger partial charge is 0.0586 e. The van der Waals surface area contributed by atoms with Crippen molar-refractivity contribution in [3.63, 3.8) is 0 Å². The fraction of sp³-hybridized carbons (Fsp3) is 1.00. The molecule has 2 heteroatoms. The van der Waals surface area contributed by atoms with Crippen molar-refractivity contribution >= 4 is 0 Å². The lowest BCUT2D eigenvalue weighted by Gasteiger charge is -2.52. The molecule has 21 heavy (non-hydrogen) atoms. The minimum absolute atomic E-state index is 0.0628. The van der Waals surface area contributed by atoms with Gasteiger partial charge in [0, 0.05) is 17.5 Å². The first-order chi connectivity index (χ1) is 10.2. The van der Waals surface area contributed by atoms with Crippen LogP contribution in [-0.2, 0) is 0 Å². The predicted octanol–water partition coefficient (Wildman–Crippen LogP) is 4.80. The number of piperidine rings is 1. The first kappa shape index (κ1) is 17.3. The lowest BCUT2D eigenvalue weighted by Crippen LogP contribution is -2.62. The summed E-state index contributed by atoms with van der Waals surface area (Å²) in [6.45, 7) is 4.55. The molecule has 1 heterocycles. The predicted molar refractivity (Wildman–Crippen MR) is 90.5 cm³/mol. The highest BCUT2D eigenvalue weighted by molar-refractivity contribution is 5.04. The van der Waals surface area contributed by atoms with Crippen molar-refractivity contribution in [2.24, 2.45) is 5.92 Å². The van der Waals surface area contributed by atoms with Gasteiger partial charge in [-0.15, -0.1) is 0 Å². The Morgan fingerprint density at radius 2 is 1.67 bits per heavy atom. The van der Waals surface area contributed by atoms with Crippen molar-refractivity contribution in [2.75, 3.05) is 0 Å². The van der Waals surface area contributed by atoms with E-state index in [9.17, 15) is 5.11 Å². The van der Waals surface area contributed by atoms with E-state index in [0.717, 1.165) is 6.42 Å². The van der Waals surface area contributed by atoms with Crippen LogP contribution >= 0.6 is 0 Å². The number of aliphatic hydroxyl groups is 1. The van der Waals surface area contributed by atoms with Gasteiger partial charge in [-0.1, -0.05) is 52.4 Å². The minimum Gasteiger partial charge on any atom is -0.393 e. The van der Waals surface area contributed by atoms with Crippen LogP contribution in [0.1, 0.15) is 97.3 Å². The topological polar surface area (TPSA) is 32.3 Å². The third-order valence-electron chi connectivity index (χ3n) is 5.99. The molecule has 1 aliphatic carbocycles. The molecule has 2 aliphatic rings. The van der Waals surface area contributed by atoms with E-state index in [1.54, 1.807) is 0 Å². The Labute approximate surface area is 132 Å². The Morgan fingerprint density at radius 3 is 2.38 bits per heavy atom. The van der Waals surface area contributed by atoms with Gasteiger partial charge in [0.1, 0.15) is 0 Å². The van der Waals surface area contributed by atoms with Crippen LogP contribution in [0.25, 0.3) is 0 Å². The Morgan fingerprint density at radius 1 is 0.952 bits per heavy atom. The summed E-state index contributed by atoms with van der Waals surface area (Å²) in [5, 5.41) is 14.6. The Bertz CT molecular complexity index is 289. The van der Waals surface area contributed by atoms with Gasteiger partial charge >= 0.3 is 0 Å². The van der Waals surface area contributed by atoms with Crippen molar-refractivity contribution in [2.45, 2.75) is 115 Å². The molecule has 0 aromatic carbocycles. The van der Waals surface area contributed by atoms with Crippen LogP contribution in [-0.4, -0.2) is 22.8 Å². The van der Waals surface area contributed by atoms with Crippen molar-refractivity contribution in [3.8, 4) is 0 Å². The van der Waals surface area contributed by atoms with Crippen LogP contribution in [0.2, 0.25) is 0 Å². The summed E-state index contributed by atoms with van der Waals surface area (Å²) in [4.78, 5) is 0. The number of nitrogens with one attached hydrogen (secondary N) is 1. The second-order valence-electron chi connectivity index (χ2n) is 7.59. The molecule has 1 saturated heterocycles. The lowest BCUT2D eigenvalue weighted by atomic mass is 9.64. The van der Waals surface area contributed by atoms with Crippen LogP contribution in [0.3, 0.4) is 0 Å².